The highest BCUT2D eigenvalue weighted by molar-refractivity contribution is 6.00. The average molecular weight is 394 g/mol. The van der Waals surface area contributed by atoms with Gasteiger partial charge in [0.25, 0.3) is 11.6 Å². The van der Waals surface area contributed by atoms with Crippen molar-refractivity contribution >= 4 is 23.7 Å². The van der Waals surface area contributed by atoms with Gasteiger partial charge in [-0.2, -0.15) is 0 Å². The highest BCUT2D eigenvalue weighted by Gasteiger charge is 2.15. The number of fused-ring (bicyclic) bond motifs is 1. The van der Waals surface area contributed by atoms with Crippen LogP contribution < -0.4 is 14.8 Å². The van der Waals surface area contributed by atoms with Gasteiger partial charge >= 0.3 is 6.01 Å². The Labute approximate surface area is 163 Å². The van der Waals surface area contributed by atoms with Crippen molar-refractivity contribution in [2.24, 2.45) is 0 Å². The minimum absolute atomic E-state index is 0.0209. The number of benzene rings is 2. The summed E-state index contributed by atoms with van der Waals surface area (Å²) in [4.78, 5) is 22.1. The Hall–Kier alpha value is -4.21. The Kier molecular flexibility index (Phi) is 4.89. The van der Waals surface area contributed by atoms with Gasteiger partial charge in [-0.3, -0.25) is 20.2 Å². The zero-order chi connectivity index (χ0) is 20.2. The molecule has 0 bridgehead atoms. The smallest absolute Gasteiger partial charge is 0.322 e. The summed E-state index contributed by atoms with van der Waals surface area (Å²) in [5.41, 5.74) is 1.51. The standard InChI is InChI=1S/C19H14N4O6/c24-17(8-4-12-1-5-14(6-2-12)23(25)26)20-19-22-21-18(29-19)10-13-3-7-15-16(9-13)28-11-27-15/h1-9H,10-11H2,(H,20,22,24)/b8-4-. The summed E-state index contributed by atoms with van der Waals surface area (Å²) < 4.78 is 16.0. The number of amides is 1. The number of rotatable bonds is 6. The number of hydrogen-bond acceptors (Lipinski definition) is 8. The fourth-order valence-electron chi connectivity index (χ4n) is 2.63. The van der Waals surface area contributed by atoms with E-state index in [0.29, 0.717) is 29.4 Å². The van der Waals surface area contributed by atoms with Crippen LogP contribution in [0.3, 0.4) is 0 Å². The number of nitrogens with one attached hydrogen (secondary N) is 1. The monoisotopic (exact) mass is 394 g/mol. The maximum Gasteiger partial charge on any atom is 0.322 e. The van der Waals surface area contributed by atoms with E-state index in [-0.39, 0.29) is 18.5 Å². The van der Waals surface area contributed by atoms with Gasteiger partial charge in [0.2, 0.25) is 12.7 Å². The fourth-order valence-corrected chi connectivity index (χ4v) is 2.63. The Balaban J connectivity index is 1.34. The number of nitro benzene ring substituents is 1. The van der Waals surface area contributed by atoms with Crippen LogP contribution in [0.15, 0.2) is 53.0 Å². The number of ether oxygens (including phenoxy) is 2. The molecule has 1 aliphatic heterocycles. The van der Waals surface area contributed by atoms with E-state index in [1.165, 1.54) is 36.4 Å². The SMILES string of the molecule is O=C(/C=C\c1ccc([N+](=O)[O-])cc1)Nc1nnc(Cc2ccc3c(c2)OCO3)o1. The van der Waals surface area contributed by atoms with Gasteiger partial charge < -0.3 is 13.9 Å². The molecule has 0 saturated heterocycles. The predicted molar refractivity (Wildman–Crippen MR) is 100 cm³/mol. The third kappa shape index (κ3) is 4.38. The number of anilines is 1. The number of aromatic nitrogens is 2. The van der Waals surface area contributed by atoms with Crippen LogP contribution in [0, 0.1) is 10.1 Å². The van der Waals surface area contributed by atoms with Gasteiger partial charge in [-0.1, -0.05) is 11.2 Å². The van der Waals surface area contributed by atoms with Crippen LogP contribution in [-0.2, 0) is 11.2 Å². The highest BCUT2D eigenvalue weighted by Crippen LogP contribution is 2.33. The summed E-state index contributed by atoms with van der Waals surface area (Å²) in [5, 5.41) is 20.8. The van der Waals surface area contributed by atoms with E-state index in [9.17, 15) is 14.9 Å². The van der Waals surface area contributed by atoms with Gasteiger partial charge in [-0.15, -0.1) is 5.10 Å². The lowest BCUT2D eigenvalue weighted by molar-refractivity contribution is -0.384. The maximum atomic E-state index is 12.0. The van der Waals surface area contributed by atoms with E-state index in [0.717, 1.165) is 5.56 Å². The molecular formula is C19H14N4O6. The summed E-state index contributed by atoms with van der Waals surface area (Å²) in [6, 6.07) is 11.3. The van der Waals surface area contributed by atoms with Crippen molar-refractivity contribution in [3.63, 3.8) is 0 Å². The third-order valence-corrected chi connectivity index (χ3v) is 4.02. The second-order valence-corrected chi connectivity index (χ2v) is 6.04. The second-order valence-electron chi connectivity index (χ2n) is 6.04. The lowest BCUT2D eigenvalue weighted by Gasteiger charge is -2.00. The Morgan fingerprint density at radius 1 is 1.14 bits per heavy atom. The Morgan fingerprint density at radius 3 is 2.72 bits per heavy atom. The van der Waals surface area contributed by atoms with Crippen LogP contribution in [-0.4, -0.2) is 27.8 Å². The molecule has 0 atom stereocenters. The topological polar surface area (TPSA) is 130 Å². The first kappa shape index (κ1) is 18.2. The lowest BCUT2D eigenvalue weighted by Crippen LogP contribution is -2.07. The van der Waals surface area contributed by atoms with Gasteiger partial charge in [0, 0.05) is 18.2 Å². The van der Waals surface area contributed by atoms with Crippen molar-refractivity contribution in [2.45, 2.75) is 6.42 Å². The van der Waals surface area contributed by atoms with Crippen molar-refractivity contribution in [1.82, 2.24) is 10.2 Å². The molecule has 10 nitrogen and oxygen atoms in total. The Bertz CT molecular complexity index is 1090. The van der Waals surface area contributed by atoms with E-state index in [1.54, 1.807) is 6.07 Å². The molecule has 0 spiro atoms. The van der Waals surface area contributed by atoms with Crippen LogP contribution in [0.25, 0.3) is 6.08 Å². The van der Waals surface area contributed by atoms with Crippen LogP contribution in [0.1, 0.15) is 17.0 Å². The lowest BCUT2D eigenvalue weighted by atomic mass is 10.1. The first-order chi connectivity index (χ1) is 14.1. The molecule has 1 aliphatic rings. The molecule has 29 heavy (non-hydrogen) atoms. The number of carbonyl (C=O) groups is 1. The zero-order valence-corrected chi connectivity index (χ0v) is 14.9. The molecule has 2 heterocycles. The summed E-state index contributed by atoms with van der Waals surface area (Å²) in [6.07, 6.45) is 3.16. The summed E-state index contributed by atoms with van der Waals surface area (Å²) in [6.45, 7) is 0.197. The molecule has 10 heteroatoms. The summed E-state index contributed by atoms with van der Waals surface area (Å²) >= 11 is 0. The van der Waals surface area contributed by atoms with E-state index >= 15 is 0 Å². The van der Waals surface area contributed by atoms with Crippen LogP contribution >= 0.6 is 0 Å². The summed E-state index contributed by atoms with van der Waals surface area (Å²) in [5.74, 6) is 1.21. The molecule has 2 aromatic carbocycles. The number of carbonyl (C=O) groups excluding carboxylic acids is 1. The predicted octanol–water partition coefficient (Wildman–Crippen LogP) is 2.95. The molecule has 0 radical (unpaired) electrons. The summed E-state index contributed by atoms with van der Waals surface area (Å²) in [7, 11) is 0. The van der Waals surface area contributed by atoms with Gasteiger partial charge in [0.1, 0.15) is 0 Å². The van der Waals surface area contributed by atoms with Crippen molar-refractivity contribution in [1.29, 1.82) is 0 Å². The van der Waals surface area contributed by atoms with Gasteiger partial charge in [-0.05, 0) is 41.5 Å². The molecule has 0 fully saturated rings. The van der Waals surface area contributed by atoms with Gasteiger partial charge in [-0.25, -0.2) is 0 Å². The molecule has 1 N–H and O–H groups in total. The molecule has 0 unspecified atom stereocenters. The normalized spacial score (nSPS) is 12.3. The highest BCUT2D eigenvalue weighted by atomic mass is 16.7. The first-order valence-electron chi connectivity index (χ1n) is 8.51. The maximum absolute atomic E-state index is 12.0. The van der Waals surface area contributed by atoms with Crippen LogP contribution in [0.2, 0.25) is 0 Å². The average Bonchev–Trinajstić information content (AvgIpc) is 3.35. The molecule has 0 aliphatic carbocycles. The van der Waals surface area contributed by atoms with Crippen molar-refractivity contribution < 1.29 is 23.6 Å². The van der Waals surface area contributed by atoms with E-state index in [2.05, 4.69) is 15.5 Å². The number of non-ortho nitro benzene ring substituents is 1. The quantitative estimate of drug-likeness (QED) is 0.384. The first-order valence-corrected chi connectivity index (χ1v) is 8.51. The van der Waals surface area contributed by atoms with Crippen LogP contribution in [0.5, 0.6) is 11.5 Å². The van der Waals surface area contributed by atoms with Crippen molar-refractivity contribution in [2.75, 3.05) is 12.1 Å². The minimum atomic E-state index is -0.489. The second kappa shape index (κ2) is 7.80. The van der Waals surface area contributed by atoms with Crippen LogP contribution in [0.4, 0.5) is 11.7 Å². The zero-order valence-electron chi connectivity index (χ0n) is 14.9. The molecule has 146 valence electrons. The van der Waals surface area contributed by atoms with E-state index < -0.39 is 10.8 Å². The molecule has 1 aromatic heterocycles. The Morgan fingerprint density at radius 2 is 1.93 bits per heavy atom. The molecular weight excluding hydrogens is 380 g/mol. The minimum Gasteiger partial charge on any atom is -0.454 e. The number of nitrogens with zero attached hydrogens (tertiary/aromatic N) is 3. The third-order valence-electron chi connectivity index (χ3n) is 4.02. The molecule has 4 rings (SSSR count). The molecule has 3 aromatic rings. The largest absolute Gasteiger partial charge is 0.454 e. The fraction of sp³-hybridized carbons (Fsp3) is 0.105. The molecule has 0 saturated carbocycles. The van der Waals surface area contributed by atoms with Crippen molar-refractivity contribution in [3.8, 4) is 11.5 Å². The van der Waals surface area contributed by atoms with E-state index in [4.69, 9.17) is 13.9 Å². The van der Waals surface area contributed by atoms with Crippen molar-refractivity contribution in [3.05, 3.63) is 75.7 Å². The van der Waals surface area contributed by atoms with E-state index in [1.807, 2.05) is 12.1 Å². The molecule has 1 amide bonds. The number of hydrogen-bond donors (Lipinski definition) is 1. The van der Waals surface area contributed by atoms with Gasteiger partial charge in [0.15, 0.2) is 11.5 Å². The number of nitro groups is 1. The van der Waals surface area contributed by atoms with Gasteiger partial charge in [0.05, 0.1) is 11.3 Å².